The van der Waals surface area contributed by atoms with E-state index in [9.17, 15) is 14.4 Å². The molecule has 1 aliphatic rings. The highest BCUT2D eigenvalue weighted by molar-refractivity contribution is 7.14. The molecule has 2 heterocycles. The normalized spacial score (nSPS) is 16.1. The van der Waals surface area contributed by atoms with Crippen molar-refractivity contribution in [1.82, 2.24) is 14.9 Å². The summed E-state index contributed by atoms with van der Waals surface area (Å²) in [4.78, 5) is 42.8. The lowest BCUT2D eigenvalue weighted by Gasteiger charge is -2.23. The minimum Gasteiger partial charge on any atom is -0.382 e. The number of thiazole rings is 1. The average molecular weight is 549 g/mol. The van der Waals surface area contributed by atoms with E-state index >= 15 is 0 Å². The topological polar surface area (TPSA) is 102 Å². The highest BCUT2D eigenvalue weighted by Crippen LogP contribution is 2.29. The second-order valence-corrected chi connectivity index (χ2v) is 12.0. The SMILES string of the molecule is COC[C@H](NC(=O)C1=CCC(CCC(C)(C)C)C=C1)C(=O)Nc1nc(-c2ccc3c(=O)n(C)ccc3c2)cs1. The lowest BCUT2D eigenvalue weighted by molar-refractivity contribution is -0.125. The first kappa shape index (κ1) is 28.4. The third-order valence-corrected chi connectivity index (χ3v) is 7.54. The van der Waals surface area contributed by atoms with Gasteiger partial charge in [0, 0.05) is 42.3 Å². The molecule has 0 saturated heterocycles. The monoisotopic (exact) mass is 548 g/mol. The Morgan fingerprint density at radius 2 is 2.05 bits per heavy atom. The summed E-state index contributed by atoms with van der Waals surface area (Å²) < 4.78 is 6.75. The van der Waals surface area contributed by atoms with E-state index in [0.29, 0.717) is 27.7 Å². The number of carbonyl (C=O) groups excluding carboxylic acids is 2. The fraction of sp³-hybridized carbons (Fsp3) is 0.400. The van der Waals surface area contributed by atoms with Gasteiger partial charge in [0.1, 0.15) is 6.04 Å². The first-order valence-electron chi connectivity index (χ1n) is 13.1. The van der Waals surface area contributed by atoms with Crippen LogP contribution >= 0.6 is 11.3 Å². The van der Waals surface area contributed by atoms with Gasteiger partial charge in [-0.2, -0.15) is 0 Å². The summed E-state index contributed by atoms with van der Waals surface area (Å²) in [6.45, 7) is 6.72. The summed E-state index contributed by atoms with van der Waals surface area (Å²) >= 11 is 1.29. The third-order valence-electron chi connectivity index (χ3n) is 6.78. The Labute approximate surface area is 232 Å². The van der Waals surface area contributed by atoms with Gasteiger partial charge >= 0.3 is 0 Å². The van der Waals surface area contributed by atoms with Crippen molar-refractivity contribution >= 4 is 39.1 Å². The van der Waals surface area contributed by atoms with Gasteiger partial charge in [0.15, 0.2) is 5.13 Å². The number of allylic oxidation sites excluding steroid dienone is 2. The van der Waals surface area contributed by atoms with E-state index in [0.717, 1.165) is 30.2 Å². The molecule has 1 aromatic carbocycles. The molecule has 2 atom stereocenters. The van der Waals surface area contributed by atoms with E-state index in [1.165, 1.54) is 18.4 Å². The zero-order valence-electron chi connectivity index (χ0n) is 23.1. The highest BCUT2D eigenvalue weighted by atomic mass is 32.1. The number of rotatable bonds is 9. The highest BCUT2D eigenvalue weighted by Gasteiger charge is 2.24. The summed E-state index contributed by atoms with van der Waals surface area (Å²) in [6, 6.07) is 6.55. The predicted octanol–water partition coefficient (Wildman–Crippen LogP) is 5.06. The van der Waals surface area contributed by atoms with Crippen LogP contribution in [0.2, 0.25) is 0 Å². The summed E-state index contributed by atoms with van der Waals surface area (Å²) in [5, 5.41) is 9.31. The van der Waals surface area contributed by atoms with Gasteiger partial charge < -0.3 is 19.9 Å². The molecule has 0 spiro atoms. The number of methoxy groups -OCH3 is 1. The van der Waals surface area contributed by atoms with Crippen LogP contribution in [0.1, 0.15) is 40.0 Å². The molecule has 0 radical (unpaired) electrons. The first-order valence-corrected chi connectivity index (χ1v) is 14.0. The maximum Gasteiger partial charge on any atom is 0.258 e. The van der Waals surface area contributed by atoms with Crippen LogP contribution in [-0.4, -0.2) is 41.1 Å². The van der Waals surface area contributed by atoms with Crippen LogP contribution in [-0.2, 0) is 21.4 Å². The Balaban J connectivity index is 1.38. The molecular weight excluding hydrogens is 512 g/mol. The molecule has 4 rings (SSSR count). The molecule has 8 nitrogen and oxygen atoms in total. The molecule has 206 valence electrons. The van der Waals surface area contributed by atoms with Gasteiger partial charge in [-0.15, -0.1) is 11.3 Å². The van der Waals surface area contributed by atoms with Crippen LogP contribution in [0.3, 0.4) is 0 Å². The number of amides is 2. The van der Waals surface area contributed by atoms with Crippen molar-refractivity contribution in [3.8, 4) is 11.3 Å². The van der Waals surface area contributed by atoms with Crippen molar-refractivity contribution in [2.45, 2.75) is 46.1 Å². The van der Waals surface area contributed by atoms with E-state index in [1.54, 1.807) is 23.9 Å². The van der Waals surface area contributed by atoms with Gasteiger partial charge in [0.05, 0.1) is 12.3 Å². The summed E-state index contributed by atoms with van der Waals surface area (Å²) in [5.74, 6) is -0.290. The summed E-state index contributed by atoms with van der Waals surface area (Å²) in [5.41, 5.74) is 2.30. The van der Waals surface area contributed by atoms with E-state index < -0.39 is 11.9 Å². The largest absolute Gasteiger partial charge is 0.382 e. The van der Waals surface area contributed by atoms with E-state index in [-0.39, 0.29) is 23.5 Å². The number of anilines is 1. The molecule has 2 amide bonds. The number of aryl methyl sites for hydroxylation is 1. The minimum absolute atomic E-state index is 0.0284. The van der Waals surface area contributed by atoms with Crippen molar-refractivity contribution in [2.24, 2.45) is 18.4 Å². The molecule has 39 heavy (non-hydrogen) atoms. The molecule has 0 aliphatic heterocycles. The Morgan fingerprint density at radius 3 is 2.74 bits per heavy atom. The summed E-state index contributed by atoms with van der Waals surface area (Å²) in [6.07, 6.45) is 10.6. The molecule has 2 aromatic heterocycles. The Kier molecular flexibility index (Phi) is 8.82. The maximum atomic E-state index is 13.0. The van der Waals surface area contributed by atoms with Gasteiger partial charge in [0.2, 0.25) is 0 Å². The van der Waals surface area contributed by atoms with Crippen molar-refractivity contribution in [2.75, 3.05) is 19.0 Å². The lowest BCUT2D eigenvalue weighted by Crippen LogP contribution is -2.47. The van der Waals surface area contributed by atoms with Gasteiger partial charge in [-0.3, -0.25) is 14.4 Å². The van der Waals surface area contributed by atoms with Crippen molar-refractivity contribution < 1.29 is 14.3 Å². The van der Waals surface area contributed by atoms with Gasteiger partial charge in [-0.1, -0.05) is 45.1 Å². The number of pyridine rings is 1. The van der Waals surface area contributed by atoms with E-state index in [1.807, 2.05) is 35.7 Å². The molecule has 3 aromatic rings. The molecule has 1 aliphatic carbocycles. The van der Waals surface area contributed by atoms with Gasteiger partial charge in [0.25, 0.3) is 17.4 Å². The number of hydrogen-bond acceptors (Lipinski definition) is 6. The smallest absolute Gasteiger partial charge is 0.258 e. The van der Waals surface area contributed by atoms with Gasteiger partial charge in [-0.25, -0.2) is 4.98 Å². The number of fused-ring (bicyclic) bond motifs is 1. The van der Waals surface area contributed by atoms with Crippen LogP contribution in [0.25, 0.3) is 22.0 Å². The zero-order chi connectivity index (χ0) is 28.2. The second kappa shape index (κ2) is 12.1. The van der Waals surface area contributed by atoms with Gasteiger partial charge in [-0.05, 0) is 54.2 Å². The summed E-state index contributed by atoms with van der Waals surface area (Å²) in [7, 11) is 3.21. The zero-order valence-corrected chi connectivity index (χ0v) is 23.9. The van der Waals surface area contributed by atoms with Crippen LogP contribution in [0, 0.1) is 11.3 Å². The average Bonchev–Trinajstić information content (AvgIpc) is 3.37. The minimum atomic E-state index is -0.875. The lowest BCUT2D eigenvalue weighted by atomic mass is 9.84. The number of carbonyl (C=O) groups is 2. The van der Waals surface area contributed by atoms with Crippen molar-refractivity contribution in [1.29, 1.82) is 0 Å². The second-order valence-electron chi connectivity index (χ2n) is 11.2. The fourth-order valence-corrected chi connectivity index (χ4v) is 5.14. The third kappa shape index (κ3) is 7.30. The fourth-order valence-electron chi connectivity index (χ4n) is 4.42. The van der Waals surface area contributed by atoms with E-state index in [2.05, 4.69) is 42.5 Å². The Morgan fingerprint density at radius 1 is 1.26 bits per heavy atom. The number of aromatic nitrogens is 2. The van der Waals surface area contributed by atoms with Crippen molar-refractivity contribution in [3.05, 3.63) is 70.0 Å². The molecule has 9 heteroatoms. The van der Waals surface area contributed by atoms with E-state index in [4.69, 9.17) is 4.74 Å². The molecule has 0 bridgehead atoms. The number of ether oxygens (including phenoxy) is 1. The maximum absolute atomic E-state index is 13.0. The number of hydrogen-bond donors (Lipinski definition) is 2. The standard InChI is InChI=1S/C30H36N4O4S/c1-30(2,3)14-12-19-6-8-20(9-7-19)26(35)31-24(17-38-5)27(36)33-29-32-25(18-39-29)22-10-11-23-21(16-22)13-15-34(4)28(23)37/h6,8-11,13,15-16,18-19,24H,7,12,14,17H2,1-5H3,(H,31,35)(H,32,33,36)/t19?,24-/m0/s1. The van der Waals surface area contributed by atoms with Crippen LogP contribution < -0.4 is 16.2 Å². The van der Waals surface area contributed by atoms with Crippen LogP contribution in [0.15, 0.2) is 64.4 Å². The molecule has 2 N–H and O–H groups in total. The number of nitrogens with one attached hydrogen (secondary N) is 2. The predicted molar refractivity (Wildman–Crippen MR) is 157 cm³/mol. The van der Waals surface area contributed by atoms with Crippen LogP contribution in [0.4, 0.5) is 5.13 Å². The number of benzene rings is 1. The number of nitrogens with zero attached hydrogens (tertiary/aromatic N) is 2. The molecule has 0 fully saturated rings. The van der Waals surface area contributed by atoms with Crippen molar-refractivity contribution in [3.63, 3.8) is 0 Å². The quantitative estimate of drug-likeness (QED) is 0.389. The first-order chi connectivity index (χ1) is 18.5. The Hall–Kier alpha value is -3.56. The van der Waals surface area contributed by atoms with Crippen LogP contribution in [0.5, 0.6) is 0 Å². The molecular formula is C30H36N4O4S. The molecule has 0 saturated carbocycles. The Bertz CT molecular complexity index is 1480. The molecule has 1 unspecified atom stereocenters.